The molecule has 0 radical (unpaired) electrons. The van der Waals surface area contributed by atoms with Crippen molar-refractivity contribution in [2.45, 2.75) is 19.8 Å². The molecule has 0 saturated heterocycles. The van der Waals surface area contributed by atoms with Crippen molar-refractivity contribution in [1.29, 1.82) is 0 Å². The second kappa shape index (κ2) is 7.17. The lowest BCUT2D eigenvalue weighted by atomic mass is 10.1. The van der Waals surface area contributed by atoms with Crippen LogP contribution in [0.1, 0.15) is 19.8 Å². The molecule has 25 heavy (non-hydrogen) atoms. The fourth-order valence-corrected chi connectivity index (χ4v) is 2.51. The van der Waals surface area contributed by atoms with Crippen LogP contribution >= 0.6 is 0 Å². The van der Waals surface area contributed by atoms with E-state index in [2.05, 4.69) is 15.5 Å². The number of nitrogens with zero attached hydrogens (tertiary/aromatic N) is 1. The van der Waals surface area contributed by atoms with E-state index in [0.29, 0.717) is 23.4 Å². The maximum atomic E-state index is 13.4. The first-order valence-corrected chi connectivity index (χ1v) is 8.01. The molecular weight excluding hydrogens is 321 g/mol. The Morgan fingerprint density at radius 3 is 2.68 bits per heavy atom. The Bertz CT molecular complexity index is 888. The molecule has 1 amide bonds. The number of nitrogens with one attached hydrogen (secondary N) is 2. The molecular formula is C19H18FN3O2. The molecule has 0 fully saturated rings. The van der Waals surface area contributed by atoms with Crippen LogP contribution in [0.3, 0.4) is 0 Å². The van der Waals surface area contributed by atoms with Gasteiger partial charge in [0.1, 0.15) is 11.6 Å². The quantitative estimate of drug-likeness (QED) is 0.647. The smallest absolute Gasteiger partial charge is 0.224 e. The number of aromatic nitrogens is 2. The predicted molar refractivity (Wildman–Crippen MR) is 94.6 cm³/mol. The summed E-state index contributed by atoms with van der Waals surface area (Å²) in [7, 11) is 0. The van der Waals surface area contributed by atoms with Crippen molar-refractivity contribution in [3.05, 3.63) is 54.3 Å². The Balaban J connectivity index is 1.80. The van der Waals surface area contributed by atoms with Gasteiger partial charge in [-0.25, -0.2) is 4.39 Å². The zero-order valence-electron chi connectivity index (χ0n) is 13.7. The summed E-state index contributed by atoms with van der Waals surface area (Å²) in [5, 5.41) is 19.7. The number of H-pyrrole nitrogens is 1. The molecule has 3 N–H and O–H groups in total. The van der Waals surface area contributed by atoms with Crippen LogP contribution in [0.5, 0.6) is 5.75 Å². The molecule has 1 aromatic heterocycles. The summed E-state index contributed by atoms with van der Waals surface area (Å²) in [5.74, 6) is -0.472. The largest absolute Gasteiger partial charge is 0.507 e. The number of aromatic amines is 1. The van der Waals surface area contributed by atoms with Gasteiger partial charge in [-0.3, -0.25) is 9.89 Å². The minimum Gasteiger partial charge on any atom is -0.507 e. The normalized spacial score (nSPS) is 10.6. The van der Waals surface area contributed by atoms with E-state index in [4.69, 9.17) is 0 Å². The van der Waals surface area contributed by atoms with E-state index in [9.17, 15) is 14.3 Å². The van der Waals surface area contributed by atoms with Crippen molar-refractivity contribution in [3.8, 4) is 28.3 Å². The zero-order chi connectivity index (χ0) is 17.8. The molecule has 2 aromatic carbocycles. The van der Waals surface area contributed by atoms with Gasteiger partial charge >= 0.3 is 0 Å². The molecule has 0 aliphatic rings. The third kappa shape index (κ3) is 3.85. The summed E-state index contributed by atoms with van der Waals surface area (Å²) in [4.78, 5) is 11.6. The van der Waals surface area contributed by atoms with E-state index in [0.717, 1.165) is 17.7 Å². The number of amides is 1. The Hall–Kier alpha value is -3.15. The van der Waals surface area contributed by atoms with Gasteiger partial charge in [0.05, 0.1) is 11.4 Å². The summed E-state index contributed by atoms with van der Waals surface area (Å²) >= 11 is 0. The molecule has 0 spiro atoms. The number of aromatic hydroxyl groups is 1. The van der Waals surface area contributed by atoms with Crippen LogP contribution in [-0.4, -0.2) is 21.2 Å². The SMILES string of the molecule is CCCC(=O)Nc1ccc(-c2cc(-c3cc(F)ccc3O)[nH]n2)cc1. The van der Waals surface area contributed by atoms with Crippen LogP contribution in [0.2, 0.25) is 0 Å². The molecule has 0 saturated carbocycles. The van der Waals surface area contributed by atoms with E-state index >= 15 is 0 Å². The third-order valence-corrected chi connectivity index (χ3v) is 3.77. The molecule has 3 aromatic rings. The van der Waals surface area contributed by atoms with Gasteiger partial charge in [-0.1, -0.05) is 19.1 Å². The zero-order valence-corrected chi connectivity index (χ0v) is 13.7. The Morgan fingerprint density at radius 2 is 1.96 bits per heavy atom. The lowest BCUT2D eigenvalue weighted by molar-refractivity contribution is -0.116. The summed E-state index contributed by atoms with van der Waals surface area (Å²) in [6, 6.07) is 12.8. The highest BCUT2D eigenvalue weighted by molar-refractivity contribution is 5.90. The maximum Gasteiger partial charge on any atom is 0.224 e. The Morgan fingerprint density at radius 1 is 1.20 bits per heavy atom. The van der Waals surface area contributed by atoms with Crippen molar-refractivity contribution < 1.29 is 14.3 Å². The van der Waals surface area contributed by atoms with Crippen LogP contribution in [0.4, 0.5) is 10.1 Å². The second-order valence-electron chi connectivity index (χ2n) is 5.70. The van der Waals surface area contributed by atoms with Crippen LogP contribution in [0.25, 0.3) is 22.5 Å². The number of carbonyl (C=O) groups is 1. The van der Waals surface area contributed by atoms with Crippen LogP contribution in [0.15, 0.2) is 48.5 Å². The maximum absolute atomic E-state index is 13.4. The van der Waals surface area contributed by atoms with Gasteiger partial charge in [-0.2, -0.15) is 5.10 Å². The van der Waals surface area contributed by atoms with Crippen molar-refractivity contribution in [3.63, 3.8) is 0 Å². The molecule has 128 valence electrons. The first-order valence-electron chi connectivity index (χ1n) is 8.01. The second-order valence-corrected chi connectivity index (χ2v) is 5.70. The van der Waals surface area contributed by atoms with Gasteiger partial charge in [0.2, 0.25) is 5.91 Å². The average Bonchev–Trinajstić information content (AvgIpc) is 3.08. The number of rotatable bonds is 5. The highest BCUT2D eigenvalue weighted by Crippen LogP contribution is 2.31. The molecule has 3 rings (SSSR count). The van der Waals surface area contributed by atoms with Crippen molar-refractivity contribution in [2.75, 3.05) is 5.32 Å². The summed E-state index contributed by atoms with van der Waals surface area (Å²) in [6.07, 6.45) is 1.29. The molecule has 0 aliphatic carbocycles. The van der Waals surface area contributed by atoms with E-state index < -0.39 is 5.82 Å². The van der Waals surface area contributed by atoms with Gasteiger partial charge in [0.15, 0.2) is 0 Å². The van der Waals surface area contributed by atoms with Crippen LogP contribution in [-0.2, 0) is 4.79 Å². The van der Waals surface area contributed by atoms with Crippen molar-refractivity contribution in [2.24, 2.45) is 0 Å². The number of benzene rings is 2. The Kier molecular flexibility index (Phi) is 4.79. The van der Waals surface area contributed by atoms with Gasteiger partial charge in [0.25, 0.3) is 0 Å². The molecule has 0 unspecified atom stereocenters. The highest BCUT2D eigenvalue weighted by Gasteiger charge is 2.11. The number of carbonyl (C=O) groups excluding carboxylic acids is 1. The summed E-state index contributed by atoms with van der Waals surface area (Å²) in [5.41, 5.74) is 3.09. The van der Waals surface area contributed by atoms with E-state index in [1.54, 1.807) is 18.2 Å². The fraction of sp³-hybridized carbons (Fsp3) is 0.158. The van der Waals surface area contributed by atoms with E-state index in [1.165, 1.54) is 18.2 Å². The molecule has 1 heterocycles. The van der Waals surface area contributed by atoms with Crippen LogP contribution < -0.4 is 5.32 Å². The van der Waals surface area contributed by atoms with Crippen LogP contribution in [0, 0.1) is 5.82 Å². The molecule has 6 heteroatoms. The highest BCUT2D eigenvalue weighted by atomic mass is 19.1. The third-order valence-electron chi connectivity index (χ3n) is 3.77. The number of hydrogen-bond acceptors (Lipinski definition) is 3. The molecule has 5 nitrogen and oxygen atoms in total. The summed E-state index contributed by atoms with van der Waals surface area (Å²) < 4.78 is 13.4. The number of anilines is 1. The first-order chi connectivity index (χ1) is 12.1. The Labute approximate surface area is 144 Å². The molecule has 0 atom stereocenters. The monoisotopic (exact) mass is 339 g/mol. The number of hydrogen-bond donors (Lipinski definition) is 3. The van der Waals surface area contributed by atoms with Crippen molar-refractivity contribution in [1.82, 2.24) is 10.2 Å². The molecule has 0 bridgehead atoms. The van der Waals surface area contributed by atoms with Gasteiger partial charge < -0.3 is 10.4 Å². The fourth-order valence-electron chi connectivity index (χ4n) is 2.51. The lowest BCUT2D eigenvalue weighted by Crippen LogP contribution is -2.10. The van der Waals surface area contributed by atoms with E-state index in [-0.39, 0.29) is 11.7 Å². The number of halogens is 1. The lowest BCUT2D eigenvalue weighted by Gasteiger charge is -2.04. The summed E-state index contributed by atoms with van der Waals surface area (Å²) in [6.45, 7) is 1.95. The van der Waals surface area contributed by atoms with Gasteiger partial charge in [0, 0.05) is 23.2 Å². The number of phenols is 1. The first kappa shape index (κ1) is 16.7. The minimum atomic E-state index is -0.434. The van der Waals surface area contributed by atoms with Gasteiger partial charge in [-0.15, -0.1) is 0 Å². The average molecular weight is 339 g/mol. The predicted octanol–water partition coefficient (Wildman–Crippen LogP) is 4.33. The standard InChI is InChI=1S/C19H18FN3O2/c1-2-3-19(25)21-14-7-4-12(5-8-14)16-11-17(23-22-16)15-10-13(20)6-9-18(15)24/h4-11,24H,2-3H2,1H3,(H,21,25)(H,22,23). The number of phenolic OH excluding ortho intramolecular Hbond substituents is 1. The van der Waals surface area contributed by atoms with Crippen molar-refractivity contribution >= 4 is 11.6 Å². The van der Waals surface area contributed by atoms with E-state index in [1.807, 2.05) is 19.1 Å². The van der Waals surface area contributed by atoms with Gasteiger partial charge in [-0.05, 0) is 42.8 Å². The topological polar surface area (TPSA) is 78.0 Å². The molecule has 0 aliphatic heterocycles. The minimum absolute atomic E-state index is 0.0149.